The molecule has 1 amide bonds. The van der Waals surface area contributed by atoms with Gasteiger partial charge in [-0.3, -0.25) is 4.79 Å². The molecular formula is C19H16N4O2. The van der Waals surface area contributed by atoms with Crippen molar-refractivity contribution in [3.05, 3.63) is 52.8 Å². The topological polar surface area (TPSA) is 91.8 Å². The Bertz CT molecular complexity index is 995. The number of rotatable bonds is 4. The van der Waals surface area contributed by atoms with Crippen LogP contribution in [0.2, 0.25) is 0 Å². The van der Waals surface area contributed by atoms with Crippen LogP contribution in [0.15, 0.2) is 34.9 Å². The van der Waals surface area contributed by atoms with Gasteiger partial charge in [-0.1, -0.05) is 17.3 Å². The number of hydrogen-bond donors (Lipinski definition) is 1. The van der Waals surface area contributed by atoms with Gasteiger partial charge in [0.05, 0.1) is 29.1 Å². The molecule has 6 heteroatoms. The number of nitrogens with zero attached hydrogens (tertiary/aromatic N) is 3. The number of carbonyl (C=O) groups excluding carboxylic acids is 1. The summed E-state index contributed by atoms with van der Waals surface area (Å²) >= 11 is 0. The van der Waals surface area contributed by atoms with E-state index in [-0.39, 0.29) is 5.91 Å². The summed E-state index contributed by atoms with van der Waals surface area (Å²) in [6, 6.07) is 11.2. The Balaban J connectivity index is 1.67. The molecule has 0 bridgehead atoms. The van der Waals surface area contributed by atoms with Gasteiger partial charge in [-0.05, 0) is 43.5 Å². The van der Waals surface area contributed by atoms with Gasteiger partial charge in [-0.2, -0.15) is 5.26 Å². The number of aromatic nitrogens is 2. The first-order chi connectivity index (χ1) is 12.2. The fourth-order valence-corrected chi connectivity index (χ4v) is 2.88. The van der Waals surface area contributed by atoms with E-state index in [9.17, 15) is 4.79 Å². The summed E-state index contributed by atoms with van der Waals surface area (Å²) in [7, 11) is 0. The molecule has 1 fully saturated rings. The molecule has 3 aromatic rings. The van der Waals surface area contributed by atoms with E-state index in [1.807, 2.05) is 18.2 Å². The summed E-state index contributed by atoms with van der Waals surface area (Å²) in [5, 5.41) is 16.2. The van der Waals surface area contributed by atoms with Crippen LogP contribution >= 0.6 is 0 Å². The standard InChI is InChI=1S/C19H16N4O2/c1-11-17-15(10-16(13-4-5-13)22-19(17)25-23-11)18(24)21-14-6-2-12(3-7-14)8-9-20/h2-3,6-7,10,13H,4-5,8H2,1H3,(H,21,24). The molecule has 0 atom stereocenters. The predicted octanol–water partition coefficient (Wildman–Crippen LogP) is 3.73. The highest BCUT2D eigenvalue weighted by Gasteiger charge is 2.28. The van der Waals surface area contributed by atoms with Crippen molar-refractivity contribution in [3.8, 4) is 6.07 Å². The molecule has 1 saturated carbocycles. The fourth-order valence-electron chi connectivity index (χ4n) is 2.88. The van der Waals surface area contributed by atoms with Gasteiger partial charge in [0, 0.05) is 17.3 Å². The molecule has 0 radical (unpaired) electrons. The first-order valence-electron chi connectivity index (χ1n) is 8.20. The largest absolute Gasteiger partial charge is 0.336 e. The molecule has 1 aliphatic rings. The highest BCUT2D eigenvalue weighted by molar-refractivity contribution is 6.12. The molecule has 2 heterocycles. The van der Waals surface area contributed by atoms with Crippen LogP contribution in [0.3, 0.4) is 0 Å². The number of benzene rings is 1. The minimum atomic E-state index is -0.214. The highest BCUT2D eigenvalue weighted by atomic mass is 16.5. The van der Waals surface area contributed by atoms with Crippen LogP contribution in [-0.4, -0.2) is 16.0 Å². The Morgan fingerprint density at radius 3 is 2.80 bits per heavy atom. The maximum absolute atomic E-state index is 12.8. The van der Waals surface area contributed by atoms with E-state index in [1.165, 1.54) is 0 Å². The normalized spacial score (nSPS) is 13.6. The van der Waals surface area contributed by atoms with E-state index >= 15 is 0 Å². The smallest absolute Gasteiger partial charge is 0.259 e. The second kappa shape index (κ2) is 6.02. The van der Waals surface area contributed by atoms with E-state index in [0.717, 1.165) is 24.1 Å². The van der Waals surface area contributed by atoms with E-state index < -0.39 is 0 Å². The summed E-state index contributed by atoms with van der Waals surface area (Å²) in [4.78, 5) is 17.3. The van der Waals surface area contributed by atoms with Crippen molar-refractivity contribution in [1.82, 2.24) is 10.1 Å². The van der Waals surface area contributed by atoms with Crippen LogP contribution in [0.4, 0.5) is 5.69 Å². The fraction of sp³-hybridized carbons (Fsp3) is 0.263. The number of hydrogen-bond acceptors (Lipinski definition) is 5. The minimum Gasteiger partial charge on any atom is -0.336 e. The van der Waals surface area contributed by atoms with Gasteiger partial charge in [0.15, 0.2) is 0 Å². The Kier molecular flexibility index (Phi) is 3.69. The maximum Gasteiger partial charge on any atom is 0.259 e. The number of nitriles is 1. The monoisotopic (exact) mass is 332 g/mol. The molecule has 1 N–H and O–H groups in total. The van der Waals surface area contributed by atoms with E-state index in [2.05, 4.69) is 21.5 Å². The second-order valence-electron chi connectivity index (χ2n) is 6.30. The summed E-state index contributed by atoms with van der Waals surface area (Å²) in [6.07, 6.45) is 2.53. The average Bonchev–Trinajstić information content (AvgIpc) is 3.40. The lowest BCUT2D eigenvalue weighted by molar-refractivity contribution is 0.102. The lowest BCUT2D eigenvalue weighted by Crippen LogP contribution is -2.13. The Hall–Kier alpha value is -3.20. The van der Waals surface area contributed by atoms with E-state index in [4.69, 9.17) is 9.78 Å². The molecular weight excluding hydrogens is 316 g/mol. The molecule has 0 unspecified atom stereocenters. The summed E-state index contributed by atoms with van der Waals surface area (Å²) in [5.41, 5.74) is 4.08. The Morgan fingerprint density at radius 2 is 2.12 bits per heavy atom. The van der Waals surface area contributed by atoms with Crippen molar-refractivity contribution in [2.24, 2.45) is 0 Å². The number of pyridine rings is 1. The molecule has 2 aromatic heterocycles. The minimum absolute atomic E-state index is 0.214. The van der Waals surface area contributed by atoms with Crippen LogP contribution < -0.4 is 5.32 Å². The van der Waals surface area contributed by atoms with Gasteiger partial charge in [-0.15, -0.1) is 0 Å². The average molecular weight is 332 g/mol. The molecule has 1 aromatic carbocycles. The quantitative estimate of drug-likeness (QED) is 0.786. The third-order valence-electron chi connectivity index (χ3n) is 4.37. The molecule has 6 nitrogen and oxygen atoms in total. The number of nitrogens with one attached hydrogen (secondary N) is 1. The zero-order chi connectivity index (χ0) is 17.4. The molecule has 0 spiro atoms. The van der Waals surface area contributed by atoms with Gasteiger partial charge in [0.1, 0.15) is 0 Å². The van der Waals surface area contributed by atoms with E-state index in [0.29, 0.717) is 40.4 Å². The van der Waals surface area contributed by atoms with Crippen LogP contribution in [0.5, 0.6) is 0 Å². The summed E-state index contributed by atoms with van der Waals surface area (Å²) in [5.74, 6) is 0.195. The van der Waals surface area contributed by atoms with Crippen molar-refractivity contribution in [1.29, 1.82) is 5.26 Å². The van der Waals surface area contributed by atoms with Crippen molar-refractivity contribution in [2.75, 3.05) is 5.32 Å². The van der Waals surface area contributed by atoms with Crippen molar-refractivity contribution in [3.63, 3.8) is 0 Å². The first-order valence-corrected chi connectivity index (χ1v) is 8.20. The van der Waals surface area contributed by atoms with Crippen molar-refractivity contribution in [2.45, 2.75) is 32.1 Å². The number of fused-ring (bicyclic) bond motifs is 1. The molecule has 1 aliphatic carbocycles. The number of anilines is 1. The van der Waals surface area contributed by atoms with Crippen LogP contribution in [0.1, 0.15) is 46.1 Å². The molecule has 124 valence electrons. The summed E-state index contributed by atoms with van der Waals surface area (Å²) in [6.45, 7) is 1.80. The molecule has 25 heavy (non-hydrogen) atoms. The zero-order valence-electron chi connectivity index (χ0n) is 13.7. The third-order valence-corrected chi connectivity index (χ3v) is 4.37. The van der Waals surface area contributed by atoms with Gasteiger partial charge in [-0.25, -0.2) is 4.98 Å². The van der Waals surface area contributed by atoms with Crippen molar-refractivity contribution >= 4 is 22.7 Å². The summed E-state index contributed by atoms with van der Waals surface area (Å²) < 4.78 is 5.28. The molecule has 0 saturated heterocycles. The third kappa shape index (κ3) is 2.96. The SMILES string of the molecule is Cc1noc2nc(C3CC3)cc(C(=O)Nc3ccc(CC#N)cc3)c12. The number of carbonyl (C=O) groups is 1. The lowest BCUT2D eigenvalue weighted by atomic mass is 10.1. The zero-order valence-corrected chi connectivity index (χ0v) is 13.7. The highest BCUT2D eigenvalue weighted by Crippen LogP contribution is 2.40. The van der Waals surface area contributed by atoms with Gasteiger partial charge < -0.3 is 9.84 Å². The molecule has 0 aliphatic heterocycles. The maximum atomic E-state index is 12.8. The second-order valence-corrected chi connectivity index (χ2v) is 6.30. The molecule has 4 rings (SSSR count). The van der Waals surface area contributed by atoms with E-state index in [1.54, 1.807) is 19.1 Å². The van der Waals surface area contributed by atoms with Crippen LogP contribution in [-0.2, 0) is 6.42 Å². The Labute approximate surface area is 144 Å². The Morgan fingerprint density at radius 1 is 1.36 bits per heavy atom. The first kappa shape index (κ1) is 15.3. The van der Waals surface area contributed by atoms with Gasteiger partial charge in [0.25, 0.3) is 11.6 Å². The predicted molar refractivity (Wildman–Crippen MR) is 92.2 cm³/mol. The van der Waals surface area contributed by atoms with Gasteiger partial charge >= 0.3 is 0 Å². The van der Waals surface area contributed by atoms with Crippen LogP contribution in [0, 0.1) is 18.3 Å². The van der Waals surface area contributed by atoms with Gasteiger partial charge in [0.2, 0.25) is 0 Å². The number of amides is 1. The lowest BCUT2D eigenvalue weighted by Gasteiger charge is -2.08. The van der Waals surface area contributed by atoms with Crippen molar-refractivity contribution < 1.29 is 9.32 Å². The van der Waals surface area contributed by atoms with Crippen LogP contribution in [0.25, 0.3) is 11.1 Å². The number of aryl methyl sites for hydroxylation is 1.